The SMILES string of the molecule is C=C1OB(C(CC(C)C)NC(=O)[C@H](CO)NC(=O)C2CCc3cccc(OC)c3C2)OC1(C)C. The van der Waals surface area contributed by atoms with Gasteiger partial charge in [0.25, 0.3) is 0 Å². The lowest BCUT2D eigenvalue weighted by molar-refractivity contribution is -0.132. The molecule has 1 aromatic rings. The van der Waals surface area contributed by atoms with Crippen molar-refractivity contribution < 1.29 is 28.7 Å². The fraction of sp³-hybridized carbons (Fsp3) is 0.600. The number of aliphatic hydroxyl groups is 1. The number of carbonyl (C=O) groups excluding carboxylic acids is 2. The first-order valence-corrected chi connectivity index (χ1v) is 12.0. The van der Waals surface area contributed by atoms with Crippen LogP contribution in [0.3, 0.4) is 0 Å². The van der Waals surface area contributed by atoms with Crippen molar-refractivity contribution in [2.75, 3.05) is 13.7 Å². The van der Waals surface area contributed by atoms with E-state index in [-0.39, 0.29) is 17.7 Å². The summed E-state index contributed by atoms with van der Waals surface area (Å²) in [5.41, 5.74) is 1.54. The van der Waals surface area contributed by atoms with E-state index in [2.05, 4.69) is 17.2 Å². The number of hydrogen-bond acceptors (Lipinski definition) is 6. The van der Waals surface area contributed by atoms with Gasteiger partial charge in [-0.2, -0.15) is 0 Å². The molecule has 1 heterocycles. The summed E-state index contributed by atoms with van der Waals surface area (Å²) in [5.74, 6) is 0.0379. The highest BCUT2D eigenvalue weighted by Gasteiger charge is 2.47. The molecule has 0 aromatic heterocycles. The largest absolute Gasteiger partial charge is 0.549 e. The van der Waals surface area contributed by atoms with Gasteiger partial charge in [0.1, 0.15) is 17.4 Å². The van der Waals surface area contributed by atoms with Gasteiger partial charge < -0.3 is 29.8 Å². The van der Waals surface area contributed by atoms with Crippen LogP contribution in [0.5, 0.6) is 5.75 Å². The molecule has 3 N–H and O–H groups in total. The summed E-state index contributed by atoms with van der Waals surface area (Å²) in [5, 5.41) is 15.6. The average molecular weight is 472 g/mol. The number of hydrogen-bond donors (Lipinski definition) is 3. The van der Waals surface area contributed by atoms with E-state index < -0.39 is 37.2 Å². The highest BCUT2D eigenvalue weighted by molar-refractivity contribution is 6.48. The standard InChI is InChI=1S/C25H37BN2O6/c1-15(2)12-22(26-33-16(3)25(4,5)34-26)28-24(31)20(14-29)27-23(30)18-11-10-17-8-7-9-21(32-6)19(17)13-18/h7-9,15,18,20,22,29H,3,10-14H2,1-2,4-6H3,(H,27,30)(H,28,31)/t18?,20-,22?/m0/s1. The molecule has 8 nitrogen and oxygen atoms in total. The number of ether oxygens (including phenoxy) is 1. The van der Waals surface area contributed by atoms with Crippen molar-refractivity contribution in [2.45, 2.75) is 71.0 Å². The monoisotopic (exact) mass is 472 g/mol. The minimum absolute atomic E-state index is 0.256. The van der Waals surface area contributed by atoms with E-state index in [9.17, 15) is 14.7 Å². The van der Waals surface area contributed by atoms with Crippen LogP contribution in [0.25, 0.3) is 0 Å². The minimum atomic E-state index is -1.07. The molecule has 3 rings (SSSR count). The highest BCUT2D eigenvalue weighted by Crippen LogP contribution is 2.33. The molecule has 0 bridgehead atoms. The number of carbonyl (C=O) groups is 2. The lowest BCUT2D eigenvalue weighted by Gasteiger charge is -2.28. The summed E-state index contributed by atoms with van der Waals surface area (Å²) < 4.78 is 17.2. The van der Waals surface area contributed by atoms with Crippen molar-refractivity contribution in [1.82, 2.24) is 10.6 Å². The van der Waals surface area contributed by atoms with E-state index in [0.29, 0.717) is 25.0 Å². The molecule has 1 aromatic carbocycles. The third-order valence-corrected chi connectivity index (χ3v) is 6.57. The van der Waals surface area contributed by atoms with Gasteiger partial charge in [-0.3, -0.25) is 9.59 Å². The van der Waals surface area contributed by atoms with Crippen LogP contribution >= 0.6 is 0 Å². The van der Waals surface area contributed by atoms with Gasteiger partial charge in [0.15, 0.2) is 0 Å². The second-order valence-corrected chi connectivity index (χ2v) is 10.1. The summed E-state index contributed by atoms with van der Waals surface area (Å²) in [6.07, 6.45) is 2.56. The smallest absolute Gasteiger partial charge is 0.536 e. The second kappa shape index (κ2) is 10.8. The number of fused-ring (bicyclic) bond motifs is 1. The Morgan fingerprint density at radius 1 is 1.32 bits per heavy atom. The molecule has 1 fully saturated rings. The topological polar surface area (TPSA) is 106 Å². The quantitative estimate of drug-likeness (QED) is 0.476. The molecule has 9 heteroatoms. The first-order chi connectivity index (χ1) is 16.1. The van der Waals surface area contributed by atoms with Crippen molar-refractivity contribution in [1.29, 1.82) is 0 Å². The van der Waals surface area contributed by atoms with Crippen LogP contribution in [0.1, 0.15) is 51.7 Å². The fourth-order valence-electron chi connectivity index (χ4n) is 4.51. The Bertz CT molecular complexity index is 904. The number of nitrogens with one attached hydrogen (secondary N) is 2. The average Bonchev–Trinajstić information content (AvgIpc) is 3.07. The van der Waals surface area contributed by atoms with Crippen LogP contribution in [0.4, 0.5) is 0 Å². The number of aliphatic hydroxyl groups excluding tert-OH is 1. The Kier molecular flexibility index (Phi) is 8.31. The van der Waals surface area contributed by atoms with E-state index in [1.165, 1.54) is 5.56 Å². The maximum Gasteiger partial charge on any atom is 0.549 e. The molecular weight excluding hydrogens is 435 g/mol. The first kappa shape index (κ1) is 26.1. The third-order valence-electron chi connectivity index (χ3n) is 6.57. The van der Waals surface area contributed by atoms with Gasteiger partial charge in [0.05, 0.1) is 25.4 Å². The van der Waals surface area contributed by atoms with Crippen LogP contribution in [-0.4, -0.2) is 55.3 Å². The van der Waals surface area contributed by atoms with E-state index >= 15 is 0 Å². The predicted octanol–water partition coefficient (Wildman–Crippen LogP) is 2.17. The molecule has 2 amide bonds. The van der Waals surface area contributed by atoms with Crippen LogP contribution in [0.15, 0.2) is 30.5 Å². The number of aryl methyl sites for hydroxylation is 1. The molecule has 2 aliphatic rings. The predicted molar refractivity (Wildman–Crippen MR) is 130 cm³/mol. The summed E-state index contributed by atoms with van der Waals surface area (Å²) in [6, 6.07) is 4.82. The molecule has 3 atom stereocenters. The Labute approximate surface area is 202 Å². The van der Waals surface area contributed by atoms with E-state index in [0.717, 1.165) is 17.7 Å². The van der Waals surface area contributed by atoms with Gasteiger partial charge in [-0.1, -0.05) is 32.6 Å². The Balaban J connectivity index is 1.65. The molecule has 186 valence electrons. The van der Waals surface area contributed by atoms with Crippen LogP contribution in [-0.2, 0) is 31.7 Å². The van der Waals surface area contributed by atoms with Gasteiger partial charge >= 0.3 is 7.12 Å². The minimum Gasteiger partial charge on any atom is -0.536 e. The van der Waals surface area contributed by atoms with Crippen LogP contribution in [0, 0.1) is 11.8 Å². The highest BCUT2D eigenvalue weighted by atomic mass is 16.7. The third kappa shape index (κ3) is 5.94. The van der Waals surface area contributed by atoms with Gasteiger partial charge in [0.2, 0.25) is 11.8 Å². The lowest BCUT2D eigenvalue weighted by atomic mass is 9.74. The molecule has 0 saturated carbocycles. The molecule has 1 saturated heterocycles. The molecule has 0 radical (unpaired) electrons. The van der Waals surface area contributed by atoms with Crippen molar-refractivity contribution in [3.05, 3.63) is 41.7 Å². The van der Waals surface area contributed by atoms with E-state index in [1.54, 1.807) is 7.11 Å². The molecule has 34 heavy (non-hydrogen) atoms. The summed E-state index contributed by atoms with van der Waals surface area (Å²) in [4.78, 5) is 26.1. The van der Waals surface area contributed by atoms with Crippen molar-refractivity contribution in [2.24, 2.45) is 11.8 Å². The second-order valence-electron chi connectivity index (χ2n) is 10.1. The zero-order valence-electron chi connectivity index (χ0n) is 20.8. The van der Waals surface area contributed by atoms with Crippen molar-refractivity contribution in [3.8, 4) is 5.75 Å². The fourth-order valence-corrected chi connectivity index (χ4v) is 4.51. The molecule has 0 spiro atoms. The number of rotatable bonds is 9. The Hall–Kier alpha value is -2.52. The summed E-state index contributed by atoms with van der Waals surface area (Å²) in [7, 11) is 0.930. The van der Waals surface area contributed by atoms with Gasteiger partial charge in [0, 0.05) is 5.92 Å². The van der Waals surface area contributed by atoms with Gasteiger partial charge in [-0.05, 0) is 62.6 Å². The molecule has 2 unspecified atom stereocenters. The molecule has 1 aliphatic carbocycles. The van der Waals surface area contributed by atoms with E-state index in [1.807, 2.05) is 45.9 Å². The van der Waals surface area contributed by atoms with Crippen LogP contribution < -0.4 is 15.4 Å². The normalized spacial score (nSPS) is 20.9. The van der Waals surface area contributed by atoms with Crippen molar-refractivity contribution >= 4 is 18.9 Å². The zero-order valence-corrected chi connectivity index (χ0v) is 20.8. The summed E-state index contributed by atoms with van der Waals surface area (Å²) in [6.45, 7) is 11.2. The maximum absolute atomic E-state index is 13.0. The summed E-state index contributed by atoms with van der Waals surface area (Å²) >= 11 is 0. The maximum atomic E-state index is 13.0. The van der Waals surface area contributed by atoms with Crippen LogP contribution in [0.2, 0.25) is 0 Å². The molecular formula is C25H37BN2O6. The Morgan fingerprint density at radius 3 is 2.65 bits per heavy atom. The van der Waals surface area contributed by atoms with E-state index in [4.69, 9.17) is 14.0 Å². The van der Waals surface area contributed by atoms with Crippen molar-refractivity contribution in [3.63, 3.8) is 0 Å². The zero-order chi connectivity index (χ0) is 25.0. The number of amides is 2. The van der Waals surface area contributed by atoms with Gasteiger partial charge in [-0.15, -0.1) is 0 Å². The van der Waals surface area contributed by atoms with Gasteiger partial charge in [-0.25, -0.2) is 0 Å². The first-order valence-electron chi connectivity index (χ1n) is 12.0. The Morgan fingerprint density at radius 2 is 2.06 bits per heavy atom. The number of methoxy groups -OCH3 is 1. The lowest BCUT2D eigenvalue weighted by Crippen LogP contribution is -2.56. The molecule has 1 aliphatic heterocycles. The number of benzene rings is 1.